The van der Waals surface area contributed by atoms with Crippen LogP contribution in [-0.4, -0.2) is 0 Å². The monoisotopic (exact) mass is 222 g/mol. The van der Waals surface area contributed by atoms with Crippen LogP contribution in [0.1, 0.15) is 13.8 Å². The van der Waals surface area contributed by atoms with Crippen LogP contribution in [0.25, 0.3) is 0 Å². The fourth-order valence-corrected chi connectivity index (χ4v) is 0.845. The van der Waals surface area contributed by atoms with Crippen LogP contribution in [0, 0.1) is 11.6 Å². The average molecular weight is 222 g/mol. The second kappa shape index (κ2) is 9.84. The van der Waals surface area contributed by atoms with E-state index in [9.17, 15) is 8.78 Å². The van der Waals surface area contributed by atoms with Crippen LogP contribution in [0.5, 0.6) is 0 Å². The van der Waals surface area contributed by atoms with E-state index in [1.54, 1.807) is 0 Å². The minimum Gasteiger partial charge on any atom is -0.207 e. The van der Waals surface area contributed by atoms with Crippen LogP contribution in [-0.2, 0) is 0 Å². The Labute approximate surface area is 95.6 Å². The summed E-state index contributed by atoms with van der Waals surface area (Å²) in [5, 5.41) is 0. The first-order chi connectivity index (χ1) is 7.79. The van der Waals surface area contributed by atoms with E-state index in [0.29, 0.717) is 0 Å². The summed E-state index contributed by atoms with van der Waals surface area (Å²) in [5.41, 5.74) is 0. The summed E-state index contributed by atoms with van der Waals surface area (Å²) in [5.74, 6) is -1.07. The third-order valence-corrected chi connectivity index (χ3v) is 1.45. The summed E-state index contributed by atoms with van der Waals surface area (Å²) in [6.45, 7) is 4.00. The number of halogens is 2. The molecule has 2 aromatic carbocycles. The van der Waals surface area contributed by atoms with E-state index in [4.69, 9.17) is 0 Å². The van der Waals surface area contributed by atoms with Gasteiger partial charge in [-0.2, -0.15) is 0 Å². The van der Waals surface area contributed by atoms with E-state index < -0.39 is 11.6 Å². The fraction of sp³-hybridized carbons (Fsp3) is 0.143. The zero-order chi connectivity index (χ0) is 12.2. The first-order valence-corrected chi connectivity index (χ1v) is 5.20. The molecule has 0 unspecified atom stereocenters. The second-order valence-corrected chi connectivity index (χ2v) is 2.59. The summed E-state index contributed by atoms with van der Waals surface area (Å²) in [7, 11) is 0. The first kappa shape index (κ1) is 14.3. The molecule has 0 aromatic heterocycles. The minimum atomic E-state index is -0.537. The van der Waals surface area contributed by atoms with Gasteiger partial charge in [-0.3, -0.25) is 0 Å². The normalized spacial score (nSPS) is 8.00. The third kappa shape index (κ3) is 7.68. The Balaban J connectivity index is 0.000000251. The largest absolute Gasteiger partial charge is 0.207 e. The summed E-state index contributed by atoms with van der Waals surface area (Å²) >= 11 is 0. The van der Waals surface area contributed by atoms with Crippen LogP contribution in [0.15, 0.2) is 60.7 Å². The molecule has 0 radical (unpaired) electrons. The molecule has 16 heavy (non-hydrogen) atoms. The highest BCUT2D eigenvalue weighted by Crippen LogP contribution is 1.99. The average Bonchev–Trinajstić information content (AvgIpc) is 2.34. The molecule has 0 N–H and O–H groups in total. The molecule has 0 fully saturated rings. The maximum Gasteiger partial charge on any atom is 0.126 e. The maximum atomic E-state index is 11.9. The van der Waals surface area contributed by atoms with Gasteiger partial charge in [0.25, 0.3) is 0 Å². The Morgan fingerprint density at radius 1 is 0.625 bits per heavy atom. The van der Waals surface area contributed by atoms with E-state index in [0.717, 1.165) is 6.07 Å². The molecule has 0 spiro atoms. The molecule has 0 amide bonds. The molecule has 0 aliphatic heterocycles. The zero-order valence-corrected chi connectivity index (χ0v) is 9.53. The standard InChI is InChI=1S/C6H4F2.C6H6.C2H6/c7-5-2-1-3-6(8)4-5;1-2-4-6-5-3-1;1-2/h1-4H;1-6H;1-2H3. The SMILES string of the molecule is CC.Fc1cccc(F)c1.c1ccccc1. The number of hydrogen-bond acceptors (Lipinski definition) is 0. The van der Waals surface area contributed by atoms with E-state index >= 15 is 0 Å². The van der Waals surface area contributed by atoms with Gasteiger partial charge in [-0.25, -0.2) is 8.78 Å². The van der Waals surface area contributed by atoms with Crippen molar-refractivity contribution in [2.24, 2.45) is 0 Å². The molecule has 2 rings (SSSR count). The lowest BCUT2D eigenvalue weighted by Crippen LogP contribution is -1.73. The van der Waals surface area contributed by atoms with Crippen molar-refractivity contribution in [1.29, 1.82) is 0 Å². The van der Waals surface area contributed by atoms with E-state index in [2.05, 4.69) is 0 Å². The molecule has 0 aliphatic carbocycles. The second-order valence-electron chi connectivity index (χ2n) is 2.59. The van der Waals surface area contributed by atoms with E-state index in [-0.39, 0.29) is 0 Å². The molecule has 0 bridgehead atoms. The van der Waals surface area contributed by atoms with Crippen LogP contribution >= 0.6 is 0 Å². The van der Waals surface area contributed by atoms with Gasteiger partial charge < -0.3 is 0 Å². The lowest BCUT2D eigenvalue weighted by Gasteiger charge is -1.84. The van der Waals surface area contributed by atoms with Gasteiger partial charge in [0.1, 0.15) is 11.6 Å². The van der Waals surface area contributed by atoms with Crippen molar-refractivity contribution >= 4 is 0 Å². The van der Waals surface area contributed by atoms with E-state index in [1.165, 1.54) is 18.2 Å². The summed E-state index contributed by atoms with van der Waals surface area (Å²) in [6.07, 6.45) is 0. The third-order valence-electron chi connectivity index (χ3n) is 1.45. The molecule has 86 valence electrons. The highest BCUT2D eigenvalue weighted by Gasteiger charge is 1.88. The minimum absolute atomic E-state index is 0.537. The topological polar surface area (TPSA) is 0 Å². The van der Waals surface area contributed by atoms with Crippen LogP contribution < -0.4 is 0 Å². The highest BCUT2D eigenvalue weighted by atomic mass is 19.1. The predicted octanol–water partition coefficient (Wildman–Crippen LogP) is 4.68. The number of hydrogen-bond donors (Lipinski definition) is 0. The summed E-state index contributed by atoms with van der Waals surface area (Å²) in [6, 6.07) is 16.6. The van der Waals surface area contributed by atoms with E-state index in [1.807, 2.05) is 50.2 Å². The van der Waals surface area contributed by atoms with Gasteiger partial charge in [-0.15, -0.1) is 0 Å². The van der Waals surface area contributed by atoms with Gasteiger partial charge >= 0.3 is 0 Å². The molecule has 0 atom stereocenters. The van der Waals surface area contributed by atoms with Crippen molar-refractivity contribution in [1.82, 2.24) is 0 Å². The molecule has 0 saturated heterocycles. The molecule has 0 aliphatic rings. The molecular weight excluding hydrogens is 206 g/mol. The Morgan fingerprint density at radius 3 is 1.12 bits per heavy atom. The smallest absolute Gasteiger partial charge is 0.126 e. The Kier molecular flexibility index (Phi) is 8.79. The Morgan fingerprint density at radius 2 is 0.938 bits per heavy atom. The lowest BCUT2D eigenvalue weighted by molar-refractivity contribution is 0.583. The van der Waals surface area contributed by atoms with Crippen molar-refractivity contribution in [3.63, 3.8) is 0 Å². The Bertz CT molecular complexity index is 314. The fourth-order valence-electron chi connectivity index (χ4n) is 0.845. The van der Waals surface area contributed by atoms with Crippen molar-refractivity contribution < 1.29 is 8.78 Å². The number of rotatable bonds is 0. The molecule has 0 nitrogen and oxygen atoms in total. The number of benzene rings is 2. The lowest BCUT2D eigenvalue weighted by atomic mass is 10.3. The quantitative estimate of drug-likeness (QED) is 0.607. The van der Waals surface area contributed by atoms with Crippen LogP contribution in [0.3, 0.4) is 0 Å². The molecular formula is C14H16F2. The van der Waals surface area contributed by atoms with Gasteiger partial charge in [0.2, 0.25) is 0 Å². The van der Waals surface area contributed by atoms with Crippen LogP contribution in [0.4, 0.5) is 8.78 Å². The summed E-state index contributed by atoms with van der Waals surface area (Å²) in [4.78, 5) is 0. The van der Waals surface area contributed by atoms with Crippen molar-refractivity contribution in [3.8, 4) is 0 Å². The van der Waals surface area contributed by atoms with Crippen LogP contribution in [0.2, 0.25) is 0 Å². The van der Waals surface area contributed by atoms with Gasteiger partial charge in [0.05, 0.1) is 0 Å². The van der Waals surface area contributed by atoms with Gasteiger partial charge in [-0.1, -0.05) is 56.3 Å². The molecule has 2 heteroatoms. The van der Waals surface area contributed by atoms with Gasteiger partial charge in [0.15, 0.2) is 0 Å². The van der Waals surface area contributed by atoms with Crippen molar-refractivity contribution in [3.05, 3.63) is 72.3 Å². The predicted molar refractivity (Wildman–Crippen MR) is 64.1 cm³/mol. The molecule has 2 aromatic rings. The Hall–Kier alpha value is -1.70. The van der Waals surface area contributed by atoms with Crippen molar-refractivity contribution in [2.75, 3.05) is 0 Å². The summed E-state index contributed by atoms with van der Waals surface area (Å²) < 4.78 is 23.9. The zero-order valence-electron chi connectivity index (χ0n) is 9.53. The highest BCUT2D eigenvalue weighted by molar-refractivity contribution is 5.04. The van der Waals surface area contributed by atoms with Crippen molar-refractivity contribution in [2.45, 2.75) is 13.8 Å². The van der Waals surface area contributed by atoms with Gasteiger partial charge in [-0.05, 0) is 12.1 Å². The van der Waals surface area contributed by atoms with Gasteiger partial charge in [0, 0.05) is 6.07 Å². The maximum absolute atomic E-state index is 11.9. The molecule has 0 saturated carbocycles. The first-order valence-electron chi connectivity index (χ1n) is 5.20. The molecule has 0 heterocycles.